The summed E-state index contributed by atoms with van der Waals surface area (Å²) in [5.41, 5.74) is 5.26. The van der Waals surface area contributed by atoms with Gasteiger partial charge in [0.25, 0.3) is 0 Å². The summed E-state index contributed by atoms with van der Waals surface area (Å²) < 4.78 is 0. The second-order valence-electron chi connectivity index (χ2n) is 6.26. The van der Waals surface area contributed by atoms with Crippen molar-refractivity contribution in [1.82, 2.24) is 15.0 Å². The summed E-state index contributed by atoms with van der Waals surface area (Å²) in [6, 6.07) is 17.0. The van der Waals surface area contributed by atoms with Gasteiger partial charge in [0.15, 0.2) is 5.43 Å². The van der Waals surface area contributed by atoms with Crippen LogP contribution in [0.5, 0.6) is 0 Å². The van der Waals surface area contributed by atoms with Crippen LogP contribution in [0.25, 0.3) is 39.5 Å². The van der Waals surface area contributed by atoms with Crippen LogP contribution in [0.2, 0.25) is 5.15 Å². The van der Waals surface area contributed by atoms with E-state index in [1.54, 1.807) is 12.1 Å². The zero-order valence-electron chi connectivity index (χ0n) is 14.7. The molecular formula is C22H16ClN3O. The molecule has 0 radical (unpaired) electrons. The number of aryl methyl sites for hydroxylation is 1. The molecule has 3 aromatic heterocycles. The van der Waals surface area contributed by atoms with Crippen molar-refractivity contribution in [2.75, 3.05) is 0 Å². The number of hydrogen-bond donors (Lipinski definition) is 1. The van der Waals surface area contributed by atoms with Gasteiger partial charge in [0.05, 0.1) is 11.1 Å². The summed E-state index contributed by atoms with van der Waals surface area (Å²) in [5.74, 6) is 0. The lowest BCUT2D eigenvalue weighted by atomic mass is 9.98. The maximum Gasteiger partial charge on any atom is 0.191 e. The number of aromatic nitrogens is 3. The minimum atomic E-state index is -0.108. The standard InChI is InChI=1S/C22H16ClN3O/c1-3-16-11-19(27)18-12-17(15-9-13(2)24-20(23)10-15)21(26-22(18)25-16)14-7-5-4-6-8-14/h3-12H,1H2,2H3,(H,25,26,27). The van der Waals surface area contributed by atoms with Crippen LogP contribution in [0.1, 0.15) is 11.4 Å². The Labute approximate surface area is 161 Å². The molecule has 0 aliphatic carbocycles. The Balaban J connectivity index is 2.10. The molecule has 1 aromatic carbocycles. The lowest BCUT2D eigenvalue weighted by molar-refractivity contribution is 1.20. The molecule has 4 nitrogen and oxygen atoms in total. The van der Waals surface area contributed by atoms with Crippen molar-refractivity contribution >= 4 is 28.7 Å². The van der Waals surface area contributed by atoms with Crippen molar-refractivity contribution in [1.29, 1.82) is 0 Å². The first-order valence-electron chi connectivity index (χ1n) is 8.45. The molecule has 0 spiro atoms. The van der Waals surface area contributed by atoms with Crippen molar-refractivity contribution in [3.05, 3.63) is 87.9 Å². The first-order chi connectivity index (χ1) is 13.0. The van der Waals surface area contributed by atoms with E-state index in [1.165, 1.54) is 6.07 Å². The number of nitrogens with zero attached hydrogens (tertiary/aromatic N) is 2. The van der Waals surface area contributed by atoms with Crippen molar-refractivity contribution in [2.24, 2.45) is 0 Å². The van der Waals surface area contributed by atoms with Gasteiger partial charge in [0.2, 0.25) is 0 Å². The smallest absolute Gasteiger partial charge is 0.191 e. The first kappa shape index (κ1) is 17.2. The molecule has 132 valence electrons. The largest absolute Gasteiger partial charge is 0.339 e. The third-order valence-electron chi connectivity index (χ3n) is 4.34. The van der Waals surface area contributed by atoms with E-state index in [1.807, 2.05) is 49.4 Å². The van der Waals surface area contributed by atoms with Crippen LogP contribution in [0.15, 0.2) is 66.0 Å². The average Bonchev–Trinajstić information content (AvgIpc) is 2.67. The number of aromatic amines is 1. The summed E-state index contributed by atoms with van der Waals surface area (Å²) >= 11 is 6.18. The van der Waals surface area contributed by atoms with E-state index in [9.17, 15) is 4.79 Å². The lowest BCUT2D eigenvalue weighted by Crippen LogP contribution is -2.06. The number of nitrogens with one attached hydrogen (secondary N) is 1. The molecule has 0 unspecified atom stereocenters. The van der Waals surface area contributed by atoms with Crippen LogP contribution in [-0.4, -0.2) is 15.0 Å². The van der Waals surface area contributed by atoms with E-state index >= 15 is 0 Å². The number of benzene rings is 1. The van der Waals surface area contributed by atoms with E-state index in [2.05, 4.69) is 16.5 Å². The molecule has 0 amide bonds. The minimum absolute atomic E-state index is 0.108. The van der Waals surface area contributed by atoms with Gasteiger partial charge in [-0.05, 0) is 36.8 Å². The fourth-order valence-electron chi connectivity index (χ4n) is 3.12. The molecule has 0 saturated carbocycles. The molecule has 27 heavy (non-hydrogen) atoms. The highest BCUT2D eigenvalue weighted by Gasteiger charge is 2.14. The Morgan fingerprint density at radius 2 is 1.81 bits per heavy atom. The predicted molar refractivity (Wildman–Crippen MR) is 111 cm³/mol. The molecule has 0 atom stereocenters. The van der Waals surface area contributed by atoms with Gasteiger partial charge in [-0.15, -0.1) is 0 Å². The Bertz CT molecular complexity index is 1210. The highest BCUT2D eigenvalue weighted by atomic mass is 35.5. The Morgan fingerprint density at radius 3 is 2.52 bits per heavy atom. The molecule has 0 aliphatic rings. The summed E-state index contributed by atoms with van der Waals surface area (Å²) in [6.45, 7) is 5.61. The van der Waals surface area contributed by atoms with Crippen LogP contribution in [0.3, 0.4) is 0 Å². The monoisotopic (exact) mass is 373 g/mol. The van der Waals surface area contributed by atoms with Gasteiger partial charge in [-0.25, -0.2) is 9.97 Å². The van der Waals surface area contributed by atoms with Gasteiger partial charge in [0, 0.05) is 28.6 Å². The number of rotatable bonds is 3. The Kier molecular flexibility index (Phi) is 4.34. The normalized spacial score (nSPS) is 10.9. The van der Waals surface area contributed by atoms with E-state index < -0.39 is 0 Å². The fourth-order valence-corrected chi connectivity index (χ4v) is 3.37. The third-order valence-corrected chi connectivity index (χ3v) is 4.53. The van der Waals surface area contributed by atoms with Crippen LogP contribution in [0.4, 0.5) is 0 Å². The minimum Gasteiger partial charge on any atom is -0.339 e. The Hall–Kier alpha value is -3.24. The number of hydrogen-bond acceptors (Lipinski definition) is 3. The number of fused-ring (bicyclic) bond motifs is 1. The van der Waals surface area contributed by atoms with Crippen molar-refractivity contribution in [2.45, 2.75) is 6.92 Å². The fraction of sp³-hybridized carbons (Fsp3) is 0.0455. The molecule has 5 heteroatoms. The van der Waals surface area contributed by atoms with Gasteiger partial charge in [0.1, 0.15) is 10.8 Å². The molecule has 0 fully saturated rings. The second-order valence-corrected chi connectivity index (χ2v) is 6.65. The lowest BCUT2D eigenvalue weighted by Gasteiger charge is -2.12. The van der Waals surface area contributed by atoms with Gasteiger partial charge < -0.3 is 4.98 Å². The predicted octanol–water partition coefficient (Wildman–Crippen LogP) is 5.26. The quantitative estimate of drug-likeness (QED) is 0.498. The number of pyridine rings is 3. The van der Waals surface area contributed by atoms with Crippen molar-refractivity contribution < 1.29 is 0 Å². The Morgan fingerprint density at radius 1 is 1.04 bits per heavy atom. The molecule has 1 N–H and O–H groups in total. The molecular weight excluding hydrogens is 358 g/mol. The van der Waals surface area contributed by atoms with Crippen LogP contribution in [-0.2, 0) is 0 Å². The maximum absolute atomic E-state index is 12.6. The topological polar surface area (TPSA) is 58.6 Å². The van der Waals surface area contributed by atoms with E-state index in [0.717, 1.165) is 28.1 Å². The number of H-pyrrole nitrogens is 1. The third kappa shape index (κ3) is 3.27. The second kappa shape index (κ2) is 6.82. The van der Waals surface area contributed by atoms with E-state index in [-0.39, 0.29) is 5.43 Å². The molecule has 4 aromatic rings. The highest BCUT2D eigenvalue weighted by molar-refractivity contribution is 6.29. The van der Waals surface area contributed by atoms with E-state index in [4.69, 9.17) is 16.6 Å². The summed E-state index contributed by atoms with van der Waals surface area (Å²) in [4.78, 5) is 24.8. The average molecular weight is 374 g/mol. The van der Waals surface area contributed by atoms with Gasteiger partial charge >= 0.3 is 0 Å². The van der Waals surface area contributed by atoms with Crippen LogP contribution >= 0.6 is 11.6 Å². The SMILES string of the molecule is C=Cc1cc(=O)c2cc(-c3cc(C)nc(Cl)c3)c(-c3ccccc3)nc2[nH]1. The zero-order chi connectivity index (χ0) is 19.0. The summed E-state index contributed by atoms with van der Waals surface area (Å²) in [6.07, 6.45) is 1.60. The maximum atomic E-state index is 12.6. The van der Waals surface area contributed by atoms with E-state index in [0.29, 0.717) is 21.9 Å². The first-order valence-corrected chi connectivity index (χ1v) is 8.83. The van der Waals surface area contributed by atoms with Crippen molar-refractivity contribution in [3.63, 3.8) is 0 Å². The number of halogens is 1. The summed E-state index contributed by atoms with van der Waals surface area (Å²) in [5, 5.41) is 0.917. The molecule has 0 saturated heterocycles. The highest BCUT2D eigenvalue weighted by Crippen LogP contribution is 2.33. The molecule has 0 aliphatic heterocycles. The molecule has 4 rings (SSSR count). The summed E-state index contributed by atoms with van der Waals surface area (Å²) in [7, 11) is 0. The zero-order valence-corrected chi connectivity index (χ0v) is 15.4. The van der Waals surface area contributed by atoms with Gasteiger partial charge in [-0.3, -0.25) is 4.79 Å². The molecule has 3 heterocycles. The molecule has 0 bridgehead atoms. The van der Waals surface area contributed by atoms with Gasteiger partial charge in [-0.1, -0.05) is 48.5 Å². The van der Waals surface area contributed by atoms with Gasteiger partial charge in [-0.2, -0.15) is 0 Å². The van der Waals surface area contributed by atoms with Crippen LogP contribution in [0, 0.1) is 6.92 Å². The van der Waals surface area contributed by atoms with Crippen molar-refractivity contribution in [3.8, 4) is 22.4 Å². The van der Waals surface area contributed by atoms with Crippen LogP contribution < -0.4 is 5.43 Å².